The summed E-state index contributed by atoms with van der Waals surface area (Å²) in [6, 6.07) is 7.28. The molecule has 0 atom stereocenters. The van der Waals surface area contributed by atoms with Crippen molar-refractivity contribution in [3.8, 4) is 11.5 Å². The third-order valence-corrected chi connectivity index (χ3v) is 5.35. The molecule has 5 rings (SSSR count). The van der Waals surface area contributed by atoms with Crippen molar-refractivity contribution in [2.45, 2.75) is 37.5 Å². The molecule has 2 aromatic heterocycles. The molecule has 1 aromatic carbocycles. The number of methoxy groups -OCH3 is 2. The van der Waals surface area contributed by atoms with Gasteiger partial charge in [-0.1, -0.05) is 11.2 Å². The SMILES string of the molecule is COc1cccc(NC(=O)c2cc(C3CC3)nc3onc(C4CC4)c23)c1OC. The summed E-state index contributed by atoms with van der Waals surface area (Å²) >= 11 is 0. The van der Waals surface area contributed by atoms with Crippen LogP contribution in [-0.4, -0.2) is 30.3 Å². The highest BCUT2D eigenvalue weighted by atomic mass is 16.5. The van der Waals surface area contributed by atoms with Gasteiger partial charge in [0.15, 0.2) is 11.5 Å². The Bertz CT molecular complexity index is 1070. The molecule has 0 unspecified atom stereocenters. The Morgan fingerprint density at radius 2 is 1.93 bits per heavy atom. The fraction of sp³-hybridized carbons (Fsp3) is 0.381. The number of carbonyl (C=O) groups excluding carboxylic acids is 1. The molecule has 7 heteroatoms. The van der Waals surface area contributed by atoms with Crippen molar-refractivity contribution in [3.63, 3.8) is 0 Å². The number of rotatable bonds is 6. The van der Waals surface area contributed by atoms with Crippen LogP contribution in [0.25, 0.3) is 11.1 Å². The molecule has 0 radical (unpaired) electrons. The first kappa shape index (κ1) is 17.0. The minimum atomic E-state index is -0.231. The van der Waals surface area contributed by atoms with E-state index in [1.807, 2.05) is 12.1 Å². The van der Waals surface area contributed by atoms with Crippen LogP contribution in [0.2, 0.25) is 0 Å². The van der Waals surface area contributed by atoms with Crippen LogP contribution >= 0.6 is 0 Å². The molecule has 0 saturated heterocycles. The largest absolute Gasteiger partial charge is 0.493 e. The van der Waals surface area contributed by atoms with E-state index in [4.69, 9.17) is 14.0 Å². The van der Waals surface area contributed by atoms with Crippen LogP contribution in [0.1, 0.15) is 59.3 Å². The number of amides is 1. The van der Waals surface area contributed by atoms with Gasteiger partial charge in [-0.3, -0.25) is 4.79 Å². The van der Waals surface area contributed by atoms with E-state index in [2.05, 4.69) is 15.5 Å². The number of pyridine rings is 1. The van der Waals surface area contributed by atoms with Crippen molar-refractivity contribution in [3.05, 3.63) is 41.2 Å². The van der Waals surface area contributed by atoms with Gasteiger partial charge in [0.05, 0.1) is 36.6 Å². The van der Waals surface area contributed by atoms with E-state index < -0.39 is 0 Å². The van der Waals surface area contributed by atoms with Gasteiger partial charge in [-0.2, -0.15) is 0 Å². The minimum Gasteiger partial charge on any atom is -0.493 e. The maximum absolute atomic E-state index is 13.3. The van der Waals surface area contributed by atoms with Gasteiger partial charge in [-0.25, -0.2) is 4.98 Å². The zero-order valence-electron chi connectivity index (χ0n) is 15.8. The molecule has 0 bridgehead atoms. The molecule has 0 aliphatic heterocycles. The summed E-state index contributed by atoms with van der Waals surface area (Å²) in [6.45, 7) is 0. The summed E-state index contributed by atoms with van der Waals surface area (Å²) in [7, 11) is 3.12. The molecule has 1 N–H and O–H groups in total. The molecule has 28 heavy (non-hydrogen) atoms. The minimum absolute atomic E-state index is 0.231. The molecular formula is C21H21N3O4. The van der Waals surface area contributed by atoms with Crippen LogP contribution < -0.4 is 14.8 Å². The maximum atomic E-state index is 13.3. The van der Waals surface area contributed by atoms with Crippen LogP contribution in [0.4, 0.5) is 5.69 Å². The number of anilines is 1. The molecule has 2 saturated carbocycles. The van der Waals surface area contributed by atoms with Gasteiger partial charge in [0, 0.05) is 17.5 Å². The lowest BCUT2D eigenvalue weighted by atomic mass is 10.0. The molecule has 2 fully saturated rings. The Labute approximate surface area is 162 Å². The molecule has 7 nitrogen and oxygen atoms in total. The van der Waals surface area contributed by atoms with Gasteiger partial charge in [-0.05, 0) is 43.9 Å². The molecule has 2 aliphatic rings. The van der Waals surface area contributed by atoms with Gasteiger partial charge in [0.1, 0.15) is 0 Å². The van der Waals surface area contributed by atoms with Crippen LogP contribution in [0.3, 0.4) is 0 Å². The van der Waals surface area contributed by atoms with E-state index in [1.54, 1.807) is 26.4 Å². The summed E-state index contributed by atoms with van der Waals surface area (Å²) in [5, 5.41) is 7.92. The van der Waals surface area contributed by atoms with Crippen LogP contribution in [0.15, 0.2) is 28.8 Å². The number of aromatic nitrogens is 2. The summed E-state index contributed by atoms with van der Waals surface area (Å²) in [6.07, 6.45) is 4.31. The number of ether oxygens (including phenoxy) is 2. The number of benzene rings is 1. The normalized spacial score (nSPS) is 16.2. The molecule has 0 spiro atoms. The van der Waals surface area contributed by atoms with E-state index in [0.717, 1.165) is 42.5 Å². The maximum Gasteiger partial charge on any atom is 0.259 e. The Morgan fingerprint density at radius 1 is 1.14 bits per heavy atom. The zero-order chi connectivity index (χ0) is 19.3. The number of fused-ring (bicyclic) bond motifs is 1. The average Bonchev–Trinajstić information content (AvgIpc) is 3.64. The lowest BCUT2D eigenvalue weighted by Crippen LogP contribution is -2.14. The first-order valence-corrected chi connectivity index (χ1v) is 9.52. The van der Waals surface area contributed by atoms with E-state index in [1.165, 1.54) is 0 Å². The highest BCUT2D eigenvalue weighted by molar-refractivity contribution is 6.13. The van der Waals surface area contributed by atoms with Crippen molar-refractivity contribution >= 4 is 22.7 Å². The topological polar surface area (TPSA) is 86.5 Å². The van der Waals surface area contributed by atoms with E-state index in [-0.39, 0.29) is 5.91 Å². The number of hydrogen-bond donors (Lipinski definition) is 1. The Balaban J connectivity index is 1.58. The van der Waals surface area contributed by atoms with Crippen molar-refractivity contribution < 1.29 is 18.8 Å². The zero-order valence-corrected chi connectivity index (χ0v) is 15.8. The van der Waals surface area contributed by atoms with Gasteiger partial charge < -0.3 is 19.3 Å². The Kier molecular flexibility index (Phi) is 3.96. The molecule has 2 heterocycles. The van der Waals surface area contributed by atoms with Crippen molar-refractivity contribution in [2.75, 3.05) is 19.5 Å². The predicted octanol–water partition coefficient (Wildman–Crippen LogP) is 4.25. The number of hydrogen-bond acceptors (Lipinski definition) is 6. The molecule has 2 aliphatic carbocycles. The number of nitrogens with one attached hydrogen (secondary N) is 1. The second-order valence-electron chi connectivity index (χ2n) is 7.39. The lowest BCUT2D eigenvalue weighted by Gasteiger charge is -2.14. The Morgan fingerprint density at radius 3 is 2.61 bits per heavy atom. The highest BCUT2D eigenvalue weighted by Crippen LogP contribution is 2.45. The molecule has 3 aromatic rings. The monoisotopic (exact) mass is 379 g/mol. The standard InChI is InChI=1S/C21H21N3O4/c1-26-16-5-3-4-14(19(16)27-2)22-20(25)13-10-15(11-6-7-11)23-21-17(13)18(24-28-21)12-8-9-12/h3-5,10-12H,6-9H2,1-2H3,(H,22,25). The second-order valence-corrected chi connectivity index (χ2v) is 7.39. The van der Waals surface area contributed by atoms with Gasteiger partial charge >= 0.3 is 0 Å². The van der Waals surface area contributed by atoms with Crippen molar-refractivity contribution in [2.24, 2.45) is 0 Å². The van der Waals surface area contributed by atoms with Gasteiger partial charge in [0.25, 0.3) is 11.6 Å². The first-order chi connectivity index (χ1) is 13.7. The average molecular weight is 379 g/mol. The van der Waals surface area contributed by atoms with E-state index >= 15 is 0 Å². The van der Waals surface area contributed by atoms with E-state index in [9.17, 15) is 4.79 Å². The highest BCUT2D eigenvalue weighted by Gasteiger charge is 2.34. The van der Waals surface area contributed by atoms with Crippen molar-refractivity contribution in [1.82, 2.24) is 10.1 Å². The van der Waals surface area contributed by atoms with Crippen molar-refractivity contribution in [1.29, 1.82) is 0 Å². The fourth-order valence-electron chi connectivity index (χ4n) is 3.57. The predicted molar refractivity (Wildman–Crippen MR) is 103 cm³/mol. The quantitative estimate of drug-likeness (QED) is 0.689. The summed E-state index contributed by atoms with van der Waals surface area (Å²) in [4.78, 5) is 17.9. The van der Waals surface area contributed by atoms with Crippen LogP contribution in [0, 0.1) is 0 Å². The van der Waals surface area contributed by atoms with Crippen LogP contribution in [-0.2, 0) is 0 Å². The third-order valence-electron chi connectivity index (χ3n) is 5.35. The number of carbonyl (C=O) groups is 1. The van der Waals surface area contributed by atoms with Crippen LogP contribution in [0.5, 0.6) is 11.5 Å². The van der Waals surface area contributed by atoms with E-state index in [0.29, 0.717) is 40.3 Å². The number of para-hydroxylation sites is 1. The summed E-state index contributed by atoms with van der Waals surface area (Å²) in [5.74, 6) is 1.57. The molecular weight excluding hydrogens is 358 g/mol. The fourth-order valence-corrected chi connectivity index (χ4v) is 3.57. The van der Waals surface area contributed by atoms with Gasteiger partial charge in [-0.15, -0.1) is 0 Å². The lowest BCUT2D eigenvalue weighted by molar-refractivity contribution is 0.102. The molecule has 1 amide bonds. The second kappa shape index (κ2) is 6.51. The first-order valence-electron chi connectivity index (χ1n) is 9.52. The Hall–Kier alpha value is -3.09. The van der Waals surface area contributed by atoms with Gasteiger partial charge in [0.2, 0.25) is 0 Å². The summed E-state index contributed by atoms with van der Waals surface area (Å²) < 4.78 is 16.3. The number of nitrogens with zero attached hydrogens (tertiary/aromatic N) is 2. The molecule has 144 valence electrons. The summed E-state index contributed by atoms with van der Waals surface area (Å²) in [5.41, 5.74) is 3.30. The smallest absolute Gasteiger partial charge is 0.259 e. The third kappa shape index (κ3) is 2.87.